The Morgan fingerprint density at radius 1 is 1.26 bits per heavy atom. The van der Waals surface area contributed by atoms with Crippen LogP contribution in [-0.4, -0.2) is 65.8 Å². The van der Waals surface area contributed by atoms with E-state index >= 15 is 0 Å². The fourth-order valence-corrected chi connectivity index (χ4v) is 6.05. The second-order valence-electron chi connectivity index (χ2n) is 10.0. The van der Waals surface area contributed by atoms with Crippen LogP contribution in [0.5, 0.6) is 0 Å². The summed E-state index contributed by atoms with van der Waals surface area (Å²) in [4.78, 5) is 22.5. The summed E-state index contributed by atoms with van der Waals surface area (Å²) >= 11 is 6.19. The third-order valence-electron chi connectivity index (χ3n) is 7.12. The SMILES string of the molecule is C#CC1CN(c2nc3cc([C@@H]4CCCCN4C(=O)c4cc(Cl)ccc4NS(C)(=O)=O)nn3cc2C)CC1N. The maximum atomic E-state index is 13.8. The molecule has 2 aliphatic heterocycles. The van der Waals surface area contributed by atoms with E-state index in [0.717, 1.165) is 42.6 Å². The lowest BCUT2D eigenvalue weighted by molar-refractivity contribution is 0.0607. The second kappa shape index (κ2) is 10.1. The molecule has 3 atom stereocenters. The number of nitrogens with one attached hydrogen (secondary N) is 1. The molecule has 2 aliphatic rings. The van der Waals surface area contributed by atoms with Gasteiger partial charge in [0.1, 0.15) is 5.82 Å². The summed E-state index contributed by atoms with van der Waals surface area (Å²) < 4.78 is 28.0. The maximum absolute atomic E-state index is 13.8. The summed E-state index contributed by atoms with van der Waals surface area (Å²) in [5, 5.41) is 5.13. The van der Waals surface area contributed by atoms with E-state index in [9.17, 15) is 13.2 Å². The van der Waals surface area contributed by atoms with Gasteiger partial charge in [-0.3, -0.25) is 9.52 Å². The van der Waals surface area contributed by atoms with Crippen molar-refractivity contribution in [3.05, 3.63) is 52.3 Å². The fraction of sp³-hybridized carbons (Fsp3) is 0.423. The number of nitrogens with zero attached hydrogens (tertiary/aromatic N) is 5. The van der Waals surface area contributed by atoms with E-state index in [-0.39, 0.29) is 35.2 Å². The van der Waals surface area contributed by atoms with Gasteiger partial charge < -0.3 is 15.5 Å². The predicted octanol–water partition coefficient (Wildman–Crippen LogP) is 2.83. The number of rotatable bonds is 5. The molecule has 4 heterocycles. The molecule has 2 fully saturated rings. The summed E-state index contributed by atoms with van der Waals surface area (Å²) in [6.45, 7) is 3.77. The molecule has 3 N–H and O–H groups in total. The normalized spacial score (nSPS) is 22.0. The highest BCUT2D eigenvalue weighted by Crippen LogP contribution is 2.34. The van der Waals surface area contributed by atoms with Gasteiger partial charge in [-0.1, -0.05) is 17.5 Å². The van der Waals surface area contributed by atoms with Gasteiger partial charge in [0.15, 0.2) is 5.65 Å². The number of sulfonamides is 1. The molecule has 10 nitrogen and oxygen atoms in total. The van der Waals surface area contributed by atoms with Crippen molar-refractivity contribution in [2.75, 3.05) is 35.5 Å². The van der Waals surface area contributed by atoms with Gasteiger partial charge in [-0.25, -0.2) is 17.9 Å². The van der Waals surface area contributed by atoms with Gasteiger partial charge >= 0.3 is 0 Å². The van der Waals surface area contributed by atoms with Crippen LogP contribution in [0.3, 0.4) is 0 Å². The van der Waals surface area contributed by atoms with Crippen LogP contribution < -0.4 is 15.4 Å². The van der Waals surface area contributed by atoms with Crippen LogP contribution in [0.25, 0.3) is 5.65 Å². The number of hydrogen-bond acceptors (Lipinski definition) is 7. The molecular formula is C26H30ClN7O3S. The third-order valence-corrected chi connectivity index (χ3v) is 7.94. The van der Waals surface area contributed by atoms with Crippen LogP contribution in [0.1, 0.15) is 46.9 Å². The van der Waals surface area contributed by atoms with E-state index < -0.39 is 10.0 Å². The van der Waals surface area contributed by atoms with Crippen LogP contribution in [0.15, 0.2) is 30.5 Å². The molecule has 0 radical (unpaired) electrons. The lowest BCUT2D eigenvalue weighted by Crippen LogP contribution is -2.39. The van der Waals surface area contributed by atoms with E-state index in [1.54, 1.807) is 15.5 Å². The van der Waals surface area contributed by atoms with Crippen molar-refractivity contribution in [2.45, 2.75) is 38.3 Å². The molecule has 0 spiro atoms. The van der Waals surface area contributed by atoms with Gasteiger partial charge in [0.05, 0.1) is 35.2 Å². The molecule has 38 heavy (non-hydrogen) atoms. The van der Waals surface area contributed by atoms with Crippen molar-refractivity contribution in [3.63, 3.8) is 0 Å². The Balaban J connectivity index is 1.48. The van der Waals surface area contributed by atoms with Crippen molar-refractivity contribution in [1.82, 2.24) is 19.5 Å². The van der Waals surface area contributed by atoms with Gasteiger partial charge in [0.25, 0.3) is 5.91 Å². The molecule has 200 valence electrons. The molecule has 0 aliphatic carbocycles. The highest BCUT2D eigenvalue weighted by atomic mass is 35.5. The Bertz CT molecular complexity index is 1550. The first-order chi connectivity index (χ1) is 18.0. The Kier molecular flexibility index (Phi) is 6.98. The number of fused-ring (bicyclic) bond motifs is 1. The molecule has 0 saturated carbocycles. The first kappa shape index (κ1) is 26.3. The Labute approximate surface area is 227 Å². The molecule has 1 amide bonds. The average molecular weight is 556 g/mol. The first-order valence-electron chi connectivity index (χ1n) is 12.5. The van der Waals surface area contributed by atoms with E-state index in [1.165, 1.54) is 12.1 Å². The first-order valence-corrected chi connectivity index (χ1v) is 14.7. The summed E-state index contributed by atoms with van der Waals surface area (Å²) in [5.74, 6) is 3.26. The molecule has 12 heteroatoms. The van der Waals surface area contributed by atoms with E-state index in [0.29, 0.717) is 30.3 Å². The number of nitrogens with two attached hydrogens (primary N) is 1. The number of likely N-dealkylation sites (tertiary alicyclic amines) is 1. The Morgan fingerprint density at radius 3 is 2.76 bits per heavy atom. The number of amides is 1. The van der Waals surface area contributed by atoms with Crippen LogP contribution in [-0.2, 0) is 10.0 Å². The van der Waals surface area contributed by atoms with Crippen molar-refractivity contribution >= 4 is 44.7 Å². The molecule has 3 aromatic rings. The van der Waals surface area contributed by atoms with Gasteiger partial charge in [-0.15, -0.1) is 6.42 Å². The van der Waals surface area contributed by atoms with Gasteiger partial charge in [0.2, 0.25) is 10.0 Å². The number of anilines is 2. The standard InChI is InChI=1S/C26H30ClN7O3S/c1-4-17-14-32(15-20(17)28)25-16(2)13-34-24(29-25)12-22(30-34)23-7-5-6-10-33(23)26(35)19-11-18(27)8-9-21(19)31-38(3,36)37/h1,8-9,11-13,17,20,23,31H,5-7,10,14-15,28H2,2-3H3/t17?,20?,23-/m0/s1. The minimum atomic E-state index is -3.59. The Hall–Kier alpha value is -3.33. The van der Waals surface area contributed by atoms with Gasteiger partial charge in [-0.2, -0.15) is 5.10 Å². The zero-order chi connectivity index (χ0) is 27.2. The topological polar surface area (TPSA) is 126 Å². The van der Waals surface area contributed by atoms with E-state index in [1.807, 2.05) is 19.2 Å². The fourth-order valence-electron chi connectivity index (χ4n) is 5.30. The zero-order valence-electron chi connectivity index (χ0n) is 21.3. The van der Waals surface area contributed by atoms with E-state index in [4.69, 9.17) is 33.8 Å². The van der Waals surface area contributed by atoms with Crippen molar-refractivity contribution in [1.29, 1.82) is 0 Å². The van der Waals surface area contributed by atoms with Crippen molar-refractivity contribution in [3.8, 4) is 12.3 Å². The van der Waals surface area contributed by atoms with Crippen LogP contribution in [0.4, 0.5) is 11.5 Å². The lowest BCUT2D eigenvalue weighted by atomic mass is 9.98. The zero-order valence-corrected chi connectivity index (χ0v) is 22.8. The molecular weight excluding hydrogens is 526 g/mol. The number of aromatic nitrogens is 3. The highest BCUT2D eigenvalue weighted by molar-refractivity contribution is 7.92. The largest absolute Gasteiger partial charge is 0.353 e. The molecule has 2 unspecified atom stereocenters. The number of piperidine rings is 1. The maximum Gasteiger partial charge on any atom is 0.256 e. The number of hydrogen-bond donors (Lipinski definition) is 2. The molecule has 1 aromatic carbocycles. The third kappa shape index (κ3) is 5.16. The summed E-state index contributed by atoms with van der Waals surface area (Å²) in [6, 6.07) is 6.05. The summed E-state index contributed by atoms with van der Waals surface area (Å²) in [7, 11) is -3.59. The smallest absolute Gasteiger partial charge is 0.256 e. The van der Waals surface area contributed by atoms with Gasteiger partial charge in [-0.05, 0) is 44.4 Å². The number of benzene rings is 1. The Morgan fingerprint density at radius 2 is 2.05 bits per heavy atom. The van der Waals surface area contributed by atoms with Crippen LogP contribution in [0, 0.1) is 25.2 Å². The molecule has 0 bridgehead atoms. The minimum Gasteiger partial charge on any atom is -0.353 e. The molecule has 5 rings (SSSR count). The number of carbonyl (C=O) groups excluding carboxylic acids is 1. The average Bonchev–Trinajstić information content (AvgIpc) is 3.45. The summed E-state index contributed by atoms with van der Waals surface area (Å²) in [5.41, 5.74) is 8.94. The van der Waals surface area contributed by atoms with Gasteiger partial charge in [0, 0.05) is 48.5 Å². The highest BCUT2D eigenvalue weighted by Gasteiger charge is 2.33. The minimum absolute atomic E-state index is 0.0247. The lowest BCUT2D eigenvalue weighted by Gasteiger charge is -2.35. The van der Waals surface area contributed by atoms with E-state index in [2.05, 4.69) is 15.5 Å². The number of terminal acetylenes is 1. The predicted molar refractivity (Wildman–Crippen MR) is 148 cm³/mol. The molecule has 2 saturated heterocycles. The van der Waals surface area contributed by atoms with Crippen LogP contribution >= 0.6 is 11.6 Å². The van der Waals surface area contributed by atoms with Crippen LogP contribution in [0.2, 0.25) is 5.02 Å². The number of carbonyl (C=O) groups is 1. The number of halogens is 1. The quantitative estimate of drug-likeness (QED) is 0.464. The van der Waals surface area contributed by atoms with Crippen molar-refractivity contribution < 1.29 is 13.2 Å². The van der Waals surface area contributed by atoms with Crippen molar-refractivity contribution in [2.24, 2.45) is 11.7 Å². The summed E-state index contributed by atoms with van der Waals surface area (Å²) in [6.07, 6.45) is 11.1. The molecule has 2 aromatic heterocycles. The number of aryl methyl sites for hydroxylation is 1. The second-order valence-corrected chi connectivity index (χ2v) is 12.2. The monoisotopic (exact) mass is 555 g/mol.